The summed E-state index contributed by atoms with van der Waals surface area (Å²) in [6.07, 6.45) is 0. The van der Waals surface area contributed by atoms with E-state index in [0.717, 1.165) is 15.8 Å². The van der Waals surface area contributed by atoms with E-state index >= 15 is 0 Å². The van der Waals surface area contributed by atoms with Crippen LogP contribution in [0.4, 0.5) is 0 Å². The third kappa shape index (κ3) is 4.65. The first-order valence-electron chi connectivity index (χ1n) is 4.82. The molecule has 0 aliphatic rings. The number of nitrogens with zero attached hydrogens (tertiary/aromatic N) is 2. The third-order valence-electron chi connectivity index (χ3n) is 1.66. The van der Waals surface area contributed by atoms with Gasteiger partial charge in [-0.05, 0) is 20.8 Å². The van der Waals surface area contributed by atoms with Crippen molar-refractivity contribution < 1.29 is 0 Å². The van der Waals surface area contributed by atoms with Crippen LogP contribution in [-0.2, 0) is 0 Å². The first-order chi connectivity index (χ1) is 7.11. The predicted octanol–water partition coefficient (Wildman–Crippen LogP) is 2.43. The Bertz CT molecular complexity index is 341. The Morgan fingerprint density at radius 3 is 2.87 bits per heavy atom. The first-order valence-corrected chi connectivity index (χ1v) is 6.69. The van der Waals surface area contributed by atoms with Crippen molar-refractivity contribution in [3.05, 3.63) is 11.1 Å². The van der Waals surface area contributed by atoms with Crippen LogP contribution in [0.5, 0.6) is 0 Å². The fourth-order valence-electron chi connectivity index (χ4n) is 1.08. The van der Waals surface area contributed by atoms with Crippen LogP contribution in [0.15, 0.2) is 9.72 Å². The second-order valence-corrected chi connectivity index (χ2v) is 5.69. The zero-order valence-electron chi connectivity index (χ0n) is 9.15. The monoisotopic (exact) mass is 241 g/mol. The molecule has 1 aromatic rings. The molecule has 0 aliphatic carbocycles. The highest BCUT2D eigenvalue weighted by molar-refractivity contribution is 8.01. The second-order valence-electron chi connectivity index (χ2n) is 3.57. The van der Waals surface area contributed by atoms with E-state index in [4.69, 9.17) is 5.26 Å². The summed E-state index contributed by atoms with van der Waals surface area (Å²) >= 11 is 3.27. The maximum atomic E-state index is 8.92. The lowest BCUT2D eigenvalue weighted by Crippen LogP contribution is -2.35. The summed E-state index contributed by atoms with van der Waals surface area (Å²) in [5, 5.41) is 14.1. The molecular formula is C10H15N3S2. The molecule has 1 N–H and O–H groups in total. The number of nitrogens with one attached hydrogen (secondary N) is 1. The van der Waals surface area contributed by atoms with E-state index in [1.54, 1.807) is 23.1 Å². The molecule has 0 amide bonds. The quantitative estimate of drug-likeness (QED) is 0.804. The Balaban J connectivity index is 2.38. The normalized spacial score (nSPS) is 12.7. The van der Waals surface area contributed by atoms with Gasteiger partial charge in [0.1, 0.15) is 10.4 Å². The molecule has 5 heteroatoms. The largest absolute Gasteiger partial charge is 0.299 e. The number of hydrogen-bond donors (Lipinski definition) is 1. The minimum absolute atomic E-state index is 0.0980. The fourth-order valence-corrected chi connectivity index (χ4v) is 2.91. The van der Waals surface area contributed by atoms with Crippen molar-refractivity contribution in [1.29, 1.82) is 5.26 Å². The summed E-state index contributed by atoms with van der Waals surface area (Å²) in [5.74, 6) is 0.752. The van der Waals surface area contributed by atoms with Crippen LogP contribution < -0.4 is 5.32 Å². The Hall–Kier alpha value is -0.570. The van der Waals surface area contributed by atoms with Crippen LogP contribution in [-0.4, -0.2) is 22.8 Å². The van der Waals surface area contributed by atoms with Gasteiger partial charge in [0.15, 0.2) is 0 Å². The highest BCUT2D eigenvalue weighted by Gasteiger charge is 2.10. The smallest absolute Gasteiger partial charge is 0.150 e. The van der Waals surface area contributed by atoms with Gasteiger partial charge in [0, 0.05) is 22.9 Å². The Labute approximate surface area is 98.9 Å². The van der Waals surface area contributed by atoms with Crippen LogP contribution in [0.1, 0.15) is 19.5 Å². The van der Waals surface area contributed by atoms with Gasteiger partial charge in [0.2, 0.25) is 0 Å². The molecule has 0 aliphatic heterocycles. The lowest BCUT2D eigenvalue weighted by molar-refractivity contribution is 0.560. The maximum Gasteiger partial charge on any atom is 0.150 e. The third-order valence-corrected chi connectivity index (χ3v) is 3.89. The van der Waals surface area contributed by atoms with E-state index < -0.39 is 0 Å². The molecule has 0 saturated heterocycles. The van der Waals surface area contributed by atoms with Gasteiger partial charge in [-0.15, -0.1) is 11.3 Å². The molecule has 3 nitrogen and oxygen atoms in total. The van der Waals surface area contributed by atoms with Crippen LogP contribution in [0.3, 0.4) is 0 Å². The number of thiazole rings is 1. The molecule has 15 heavy (non-hydrogen) atoms. The lowest BCUT2D eigenvalue weighted by atomic mass is 10.3. The van der Waals surface area contributed by atoms with Crippen molar-refractivity contribution in [1.82, 2.24) is 10.3 Å². The molecule has 1 rings (SSSR count). The number of aromatic nitrogens is 1. The van der Waals surface area contributed by atoms with Gasteiger partial charge >= 0.3 is 0 Å². The van der Waals surface area contributed by atoms with Gasteiger partial charge in [0.25, 0.3) is 0 Å². The van der Waals surface area contributed by atoms with E-state index in [-0.39, 0.29) is 6.04 Å². The topological polar surface area (TPSA) is 48.7 Å². The molecule has 0 radical (unpaired) electrons. The summed E-state index contributed by atoms with van der Waals surface area (Å²) < 4.78 is 1.04. The number of hydrogen-bond acceptors (Lipinski definition) is 5. The second kappa shape index (κ2) is 6.11. The zero-order valence-corrected chi connectivity index (χ0v) is 10.8. The number of aryl methyl sites for hydroxylation is 1. The molecule has 0 fully saturated rings. The van der Waals surface area contributed by atoms with Crippen molar-refractivity contribution in [2.75, 3.05) is 5.75 Å². The van der Waals surface area contributed by atoms with Crippen LogP contribution in [0.25, 0.3) is 0 Å². The lowest BCUT2D eigenvalue weighted by Gasteiger charge is -2.12. The Morgan fingerprint density at radius 2 is 2.40 bits per heavy atom. The SMILES string of the molecule is Cc1csc(SCC(C#N)NC(C)C)n1. The summed E-state index contributed by atoms with van der Waals surface area (Å²) in [5.41, 5.74) is 1.05. The van der Waals surface area contributed by atoms with Crippen LogP contribution in [0.2, 0.25) is 0 Å². The molecule has 82 valence electrons. The average molecular weight is 241 g/mol. The van der Waals surface area contributed by atoms with E-state index in [2.05, 4.69) is 16.4 Å². The molecule has 0 spiro atoms. The number of nitriles is 1. The standard InChI is InChI=1S/C10H15N3S2/c1-7(2)12-9(4-11)6-15-10-13-8(3)5-14-10/h5,7,9,12H,6H2,1-3H3. The first kappa shape index (κ1) is 12.5. The minimum atomic E-state index is -0.0980. The Kier molecular flexibility index (Phi) is 5.09. The van der Waals surface area contributed by atoms with Crippen LogP contribution >= 0.6 is 23.1 Å². The summed E-state index contributed by atoms with van der Waals surface area (Å²) in [4.78, 5) is 4.34. The van der Waals surface area contributed by atoms with Crippen molar-refractivity contribution in [2.45, 2.75) is 37.2 Å². The molecule has 1 atom stereocenters. The minimum Gasteiger partial charge on any atom is -0.299 e. The number of thioether (sulfide) groups is 1. The molecule has 0 bridgehead atoms. The maximum absolute atomic E-state index is 8.92. The van der Waals surface area contributed by atoms with E-state index in [1.165, 1.54) is 0 Å². The van der Waals surface area contributed by atoms with Gasteiger partial charge in [0.05, 0.1) is 6.07 Å². The molecule has 1 aromatic heterocycles. The zero-order chi connectivity index (χ0) is 11.3. The predicted molar refractivity (Wildman–Crippen MR) is 65.2 cm³/mol. The summed E-state index contributed by atoms with van der Waals surface area (Å²) in [6.45, 7) is 6.07. The summed E-state index contributed by atoms with van der Waals surface area (Å²) in [7, 11) is 0. The molecule has 0 aromatic carbocycles. The van der Waals surface area contributed by atoms with E-state index in [1.807, 2.05) is 26.2 Å². The van der Waals surface area contributed by atoms with Crippen molar-refractivity contribution >= 4 is 23.1 Å². The van der Waals surface area contributed by atoms with Crippen molar-refractivity contribution in [3.8, 4) is 6.07 Å². The van der Waals surface area contributed by atoms with Crippen molar-refractivity contribution in [3.63, 3.8) is 0 Å². The molecular weight excluding hydrogens is 226 g/mol. The van der Waals surface area contributed by atoms with E-state index in [0.29, 0.717) is 6.04 Å². The van der Waals surface area contributed by atoms with Gasteiger partial charge in [-0.2, -0.15) is 5.26 Å². The molecule has 1 heterocycles. The van der Waals surface area contributed by atoms with Gasteiger partial charge in [-0.3, -0.25) is 5.32 Å². The van der Waals surface area contributed by atoms with E-state index in [9.17, 15) is 0 Å². The van der Waals surface area contributed by atoms with Gasteiger partial charge < -0.3 is 0 Å². The number of rotatable bonds is 5. The highest BCUT2D eigenvalue weighted by Crippen LogP contribution is 2.22. The van der Waals surface area contributed by atoms with Crippen molar-refractivity contribution in [2.24, 2.45) is 0 Å². The summed E-state index contributed by atoms with van der Waals surface area (Å²) in [6, 6.07) is 2.50. The highest BCUT2D eigenvalue weighted by atomic mass is 32.2. The molecule has 0 saturated carbocycles. The van der Waals surface area contributed by atoms with Gasteiger partial charge in [-0.25, -0.2) is 4.98 Å². The fraction of sp³-hybridized carbons (Fsp3) is 0.600. The Morgan fingerprint density at radius 1 is 1.67 bits per heavy atom. The van der Waals surface area contributed by atoms with Gasteiger partial charge in [-0.1, -0.05) is 11.8 Å². The van der Waals surface area contributed by atoms with Crippen LogP contribution in [0, 0.1) is 18.3 Å². The average Bonchev–Trinajstić information content (AvgIpc) is 2.58. The molecule has 1 unspecified atom stereocenters.